The van der Waals surface area contributed by atoms with Gasteiger partial charge < -0.3 is 24.8 Å². The summed E-state index contributed by atoms with van der Waals surface area (Å²) in [5.74, 6) is -1.35. The fraction of sp³-hybridized carbons (Fsp3) is 0.321. The Morgan fingerprint density at radius 2 is 1.11 bits per heavy atom. The maximum Gasteiger partial charge on any atom is 0.339 e. The molecule has 0 saturated carbocycles. The summed E-state index contributed by atoms with van der Waals surface area (Å²) in [5.41, 5.74) is 3.88. The van der Waals surface area contributed by atoms with Crippen molar-refractivity contribution in [2.75, 3.05) is 31.5 Å². The molecule has 0 aliphatic carbocycles. The van der Waals surface area contributed by atoms with E-state index in [0.29, 0.717) is 40.4 Å². The molecule has 0 aliphatic heterocycles. The fourth-order valence-electron chi connectivity index (χ4n) is 3.49. The average Bonchev–Trinajstić information content (AvgIpc) is 2.82. The minimum atomic E-state index is -0.596. The van der Waals surface area contributed by atoms with Crippen LogP contribution in [0, 0.1) is 13.8 Å². The van der Waals surface area contributed by atoms with Crippen LogP contribution in [-0.4, -0.2) is 50.4 Å². The largest absolute Gasteiger partial charge is 0.494 e. The van der Waals surface area contributed by atoms with E-state index in [-0.39, 0.29) is 28.7 Å². The lowest BCUT2D eigenvalue weighted by molar-refractivity contribution is -0.115. The summed E-state index contributed by atoms with van der Waals surface area (Å²) in [5, 5.41) is 5.16. The number of aryl methyl sites for hydroxylation is 2. The molecule has 2 aromatic rings. The van der Waals surface area contributed by atoms with Gasteiger partial charge in [-0.1, -0.05) is 6.58 Å². The Labute approximate surface area is 222 Å². The molecular formula is C28H34N2O8. The molecule has 204 valence electrons. The second kappa shape index (κ2) is 14.3. The van der Waals surface area contributed by atoms with Crippen molar-refractivity contribution in [1.82, 2.24) is 0 Å². The Morgan fingerprint density at radius 1 is 0.711 bits per heavy atom. The summed E-state index contributed by atoms with van der Waals surface area (Å²) < 4.78 is 14.7. The molecule has 0 aliphatic rings. The van der Waals surface area contributed by atoms with E-state index in [2.05, 4.69) is 21.9 Å². The topological polar surface area (TPSA) is 137 Å². The van der Waals surface area contributed by atoms with Crippen LogP contribution in [-0.2, 0) is 23.8 Å². The first kappa shape index (κ1) is 31.6. The molecule has 2 amide bonds. The van der Waals surface area contributed by atoms with Gasteiger partial charge in [0, 0.05) is 25.0 Å². The maximum atomic E-state index is 11.8. The lowest BCUT2D eigenvalue weighted by Crippen LogP contribution is -2.14. The summed E-state index contributed by atoms with van der Waals surface area (Å²) in [4.78, 5) is 57.1. The van der Waals surface area contributed by atoms with Crippen molar-refractivity contribution in [2.45, 2.75) is 41.5 Å². The van der Waals surface area contributed by atoms with E-state index in [9.17, 15) is 24.0 Å². The van der Waals surface area contributed by atoms with Crippen molar-refractivity contribution >= 4 is 46.7 Å². The molecule has 2 N–H and O–H groups in total. The van der Waals surface area contributed by atoms with E-state index >= 15 is 0 Å². The number of carbonyl (C=O) groups excluding carboxylic acids is 5. The predicted molar refractivity (Wildman–Crippen MR) is 144 cm³/mol. The Bertz CT molecular complexity index is 1260. The first-order valence-corrected chi connectivity index (χ1v) is 11.6. The number of hydrogen-bond donors (Lipinski definition) is 2. The molecule has 10 heteroatoms. The second-order valence-electron chi connectivity index (χ2n) is 8.18. The van der Waals surface area contributed by atoms with Gasteiger partial charge in [-0.2, -0.15) is 0 Å². The third-order valence-corrected chi connectivity index (χ3v) is 5.16. The molecule has 0 fully saturated rings. The van der Waals surface area contributed by atoms with Gasteiger partial charge in [-0.25, -0.2) is 9.59 Å². The van der Waals surface area contributed by atoms with Gasteiger partial charge in [-0.3, -0.25) is 14.4 Å². The van der Waals surface area contributed by atoms with Gasteiger partial charge in [0.05, 0.1) is 43.3 Å². The molecule has 0 spiro atoms. The van der Waals surface area contributed by atoms with Crippen LogP contribution in [0.3, 0.4) is 0 Å². The van der Waals surface area contributed by atoms with Crippen LogP contribution in [0.15, 0.2) is 30.8 Å². The molecule has 0 saturated heterocycles. The zero-order valence-electron chi connectivity index (χ0n) is 23.0. The lowest BCUT2D eigenvalue weighted by atomic mass is 10.00. The van der Waals surface area contributed by atoms with Crippen molar-refractivity contribution in [3.8, 4) is 0 Å². The number of methoxy groups -OCH3 is 2. The van der Waals surface area contributed by atoms with Gasteiger partial charge in [0.25, 0.3) is 0 Å². The van der Waals surface area contributed by atoms with E-state index in [1.54, 1.807) is 25.1 Å². The summed E-state index contributed by atoms with van der Waals surface area (Å²) in [6.45, 7) is 13.9. The third kappa shape index (κ3) is 8.58. The van der Waals surface area contributed by atoms with Crippen molar-refractivity contribution in [2.24, 2.45) is 0 Å². The van der Waals surface area contributed by atoms with Gasteiger partial charge in [0.1, 0.15) is 5.76 Å². The first-order chi connectivity index (χ1) is 17.8. The van der Waals surface area contributed by atoms with Gasteiger partial charge in [-0.05, 0) is 63.1 Å². The van der Waals surface area contributed by atoms with Gasteiger partial charge in [0.15, 0.2) is 5.78 Å². The van der Waals surface area contributed by atoms with Crippen LogP contribution in [0.2, 0.25) is 0 Å². The standard InChI is InChI=1S/C15H19NO4.C13H15NO4/c1-6-20-10(3)12-8-13(15(18)19-5)14(7-9(12)2)16-11(4)17;1-7-5-12(14-9(3)16)11(13(17)18-4)6-10(7)8(2)15/h7-8H,3,6H2,1-2,4-5H3,(H,16,17);5-6H,1-4H3,(H,14,16). The van der Waals surface area contributed by atoms with E-state index in [4.69, 9.17) is 9.47 Å². The molecule has 2 rings (SSSR count). The van der Waals surface area contributed by atoms with Crippen molar-refractivity contribution in [3.05, 3.63) is 64.2 Å². The number of carbonyl (C=O) groups is 5. The lowest BCUT2D eigenvalue weighted by Gasteiger charge is -2.15. The van der Waals surface area contributed by atoms with Crippen LogP contribution < -0.4 is 10.6 Å². The van der Waals surface area contributed by atoms with E-state index < -0.39 is 11.9 Å². The number of esters is 2. The van der Waals surface area contributed by atoms with E-state index in [1.165, 1.54) is 41.1 Å². The third-order valence-electron chi connectivity index (χ3n) is 5.16. The summed E-state index contributed by atoms with van der Waals surface area (Å²) >= 11 is 0. The molecule has 0 radical (unpaired) electrons. The Morgan fingerprint density at radius 3 is 1.45 bits per heavy atom. The predicted octanol–water partition coefficient (Wildman–Crippen LogP) is 4.69. The number of amides is 2. The minimum Gasteiger partial charge on any atom is -0.494 e. The van der Waals surface area contributed by atoms with Gasteiger partial charge in [0.2, 0.25) is 11.8 Å². The minimum absolute atomic E-state index is 0.146. The summed E-state index contributed by atoms with van der Waals surface area (Å²) in [7, 11) is 2.53. The highest BCUT2D eigenvalue weighted by molar-refractivity contribution is 6.05. The quantitative estimate of drug-likeness (QED) is 0.287. The van der Waals surface area contributed by atoms with Gasteiger partial charge >= 0.3 is 11.9 Å². The normalized spacial score (nSPS) is 9.79. The van der Waals surface area contributed by atoms with E-state index in [1.807, 2.05) is 13.8 Å². The highest BCUT2D eigenvalue weighted by Crippen LogP contribution is 2.27. The Balaban J connectivity index is 0.000000382. The molecule has 0 heterocycles. The number of nitrogens with one attached hydrogen (secondary N) is 2. The number of rotatable bonds is 8. The number of ether oxygens (including phenoxy) is 3. The van der Waals surface area contributed by atoms with Crippen LogP contribution >= 0.6 is 0 Å². The molecule has 38 heavy (non-hydrogen) atoms. The SMILES string of the molecule is C=C(OCC)c1cc(C(=O)OC)c(NC(C)=O)cc1C.COC(=O)c1cc(C(C)=O)c(C)cc1NC(C)=O. The average molecular weight is 527 g/mol. The van der Waals surface area contributed by atoms with Crippen molar-refractivity contribution in [1.29, 1.82) is 0 Å². The van der Waals surface area contributed by atoms with Crippen LogP contribution in [0.5, 0.6) is 0 Å². The zero-order valence-corrected chi connectivity index (χ0v) is 23.0. The van der Waals surface area contributed by atoms with Crippen molar-refractivity contribution in [3.63, 3.8) is 0 Å². The molecule has 2 aromatic carbocycles. The molecule has 0 atom stereocenters. The smallest absolute Gasteiger partial charge is 0.339 e. The number of Topliss-reactive ketones (excluding diaryl/α,β-unsaturated/α-hetero) is 1. The van der Waals surface area contributed by atoms with Crippen LogP contribution in [0.1, 0.15) is 75.5 Å². The van der Waals surface area contributed by atoms with E-state index in [0.717, 1.165) is 5.56 Å². The van der Waals surface area contributed by atoms with Crippen molar-refractivity contribution < 1.29 is 38.2 Å². The molecule has 0 aromatic heterocycles. The Kier molecular flexibility index (Phi) is 11.9. The molecule has 10 nitrogen and oxygen atoms in total. The molecular weight excluding hydrogens is 492 g/mol. The molecule has 0 unspecified atom stereocenters. The fourth-order valence-corrected chi connectivity index (χ4v) is 3.49. The zero-order chi connectivity index (χ0) is 29.2. The highest BCUT2D eigenvalue weighted by Gasteiger charge is 2.18. The summed E-state index contributed by atoms with van der Waals surface area (Å²) in [6, 6.07) is 6.34. The monoisotopic (exact) mass is 526 g/mol. The van der Waals surface area contributed by atoms with Crippen LogP contribution in [0.4, 0.5) is 11.4 Å². The number of anilines is 2. The van der Waals surface area contributed by atoms with Crippen LogP contribution in [0.25, 0.3) is 5.76 Å². The highest BCUT2D eigenvalue weighted by atomic mass is 16.5. The second-order valence-corrected chi connectivity index (χ2v) is 8.18. The maximum absolute atomic E-state index is 11.8. The number of hydrogen-bond acceptors (Lipinski definition) is 8. The first-order valence-electron chi connectivity index (χ1n) is 11.6. The number of ketones is 1. The van der Waals surface area contributed by atoms with Gasteiger partial charge in [-0.15, -0.1) is 0 Å². The number of benzene rings is 2. The molecule has 0 bridgehead atoms. The summed E-state index contributed by atoms with van der Waals surface area (Å²) in [6.07, 6.45) is 0. The Hall–Kier alpha value is -4.47.